The maximum Gasteiger partial charge on any atom is 0.107 e. The number of alkyl halides is 1. The van der Waals surface area contributed by atoms with Gasteiger partial charge in [0.15, 0.2) is 0 Å². The summed E-state index contributed by atoms with van der Waals surface area (Å²) in [6.07, 6.45) is 4.77. The standard InChI is InChI=1S/C6H6Br3N/c7-4-1-2-6(9,10)5(8)3-4/h1,3H,2,10H2. The lowest BCUT2D eigenvalue weighted by Crippen LogP contribution is -2.33. The van der Waals surface area contributed by atoms with E-state index in [1.807, 2.05) is 12.2 Å². The highest BCUT2D eigenvalue weighted by Crippen LogP contribution is 2.36. The molecule has 0 bridgehead atoms. The number of allylic oxidation sites excluding steroid dienone is 2. The van der Waals surface area contributed by atoms with E-state index in [2.05, 4.69) is 47.8 Å². The van der Waals surface area contributed by atoms with Gasteiger partial charge in [0.2, 0.25) is 0 Å². The van der Waals surface area contributed by atoms with Crippen LogP contribution in [0.1, 0.15) is 6.42 Å². The van der Waals surface area contributed by atoms with E-state index >= 15 is 0 Å². The van der Waals surface area contributed by atoms with Gasteiger partial charge in [-0.3, -0.25) is 0 Å². The summed E-state index contributed by atoms with van der Waals surface area (Å²) < 4.78 is 1.64. The number of nitrogens with two attached hydrogens (primary N) is 1. The minimum absolute atomic E-state index is 0.399. The zero-order chi connectivity index (χ0) is 7.78. The van der Waals surface area contributed by atoms with Gasteiger partial charge < -0.3 is 5.73 Å². The van der Waals surface area contributed by atoms with Crippen molar-refractivity contribution in [2.75, 3.05) is 0 Å². The van der Waals surface area contributed by atoms with Crippen LogP contribution in [-0.2, 0) is 0 Å². The summed E-state index contributed by atoms with van der Waals surface area (Å²) in [6.45, 7) is 0. The molecule has 1 unspecified atom stereocenters. The molecule has 0 aliphatic heterocycles. The van der Waals surface area contributed by atoms with E-state index in [1.54, 1.807) is 0 Å². The van der Waals surface area contributed by atoms with Gasteiger partial charge in [0.1, 0.15) is 4.45 Å². The van der Waals surface area contributed by atoms with Crippen LogP contribution < -0.4 is 5.73 Å². The van der Waals surface area contributed by atoms with Crippen molar-refractivity contribution in [3.63, 3.8) is 0 Å². The summed E-state index contributed by atoms with van der Waals surface area (Å²) >= 11 is 10.1. The van der Waals surface area contributed by atoms with E-state index in [4.69, 9.17) is 5.73 Å². The Morgan fingerprint density at radius 3 is 2.50 bits per heavy atom. The topological polar surface area (TPSA) is 26.0 Å². The fourth-order valence-corrected chi connectivity index (χ4v) is 2.03. The summed E-state index contributed by atoms with van der Waals surface area (Å²) in [5.41, 5.74) is 5.82. The zero-order valence-electron chi connectivity index (χ0n) is 5.07. The Morgan fingerprint density at radius 2 is 2.10 bits per heavy atom. The fourth-order valence-electron chi connectivity index (χ4n) is 0.643. The van der Waals surface area contributed by atoms with E-state index in [9.17, 15) is 0 Å². The van der Waals surface area contributed by atoms with Crippen molar-refractivity contribution in [1.29, 1.82) is 0 Å². The van der Waals surface area contributed by atoms with Crippen molar-refractivity contribution < 1.29 is 0 Å². The summed E-state index contributed by atoms with van der Waals surface area (Å²) in [6, 6.07) is 0. The quantitative estimate of drug-likeness (QED) is 0.536. The molecule has 0 amide bonds. The zero-order valence-corrected chi connectivity index (χ0v) is 9.83. The predicted octanol–water partition coefficient (Wildman–Crippen LogP) is 3.00. The Labute approximate surface area is 85.1 Å². The lowest BCUT2D eigenvalue weighted by atomic mass is 10.1. The van der Waals surface area contributed by atoms with Crippen LogP contribution in [0.5, 0.6) is 0 Å². The molecule has 0 spiro atoms. The SMILES string of the molecule is NC1(Br)CC=C(Br)C=C1Br. The molecule has 56 valence electrons. The van der Waals surface area contributed by atoms with Crippen molar-refractivity contribution >= 4 is 47.8 Å². The third kappa shape index (κ3) is 1.94. The molecule has 1 aliphatic carbocycles. The molecule has 0 heterocycles. The number of hydrogen-bond donors (Lipinski definition) is 1. The van der Waals surface area contributed by atoms with Crippen molar-refractivity contribution in [3.8, 4) is 0 Å². The lowest BCUT2D eigenvalue weighted by Gasteiger charge is -2.23. The number of rotatable bonds is 0. The molecule has 1 aliphatic rings. The second-order valence-corrected chi connectivity index (χ2v) is 5.33. The Balaban J connectivity index is 2.88. The van der Waals surface area contributed by atoms with Crippen molar-refractivity contribution in [1.82, 2.24) is 0 Å². The van der Waals surface area contributed by atoms with Gasteiger partial charge >= 0.3 is 0 Å². The van der Waals surface area contributed by atoms with Crippen LogP contribution in [-0.4, -0.2) is 4.45 Å². The van der Waals surface area contributed by atoms with Gasteiger partial charge in [0, 0.05) is 8.96 Å². The molecule has 0 saturated heterocycles. The molecule has 10 heavy (non-hydrogen) atoms. The van der Waals surface area contributed by atoms with Crippen molar-refractivity contribution in [2.45, 2.75) is 10.9 Å². The van der Waals surface area contributed by atoms with Gasteiger partial charge in [-0.2, -0.15) is 0 Å². The molecule has 0 fully saturated rings. The van der Waals surface area contributed by atoms with Crippen LogP contribution in [0.2, 0.25) is 0 Å². The van der Waals surface area contributed by atoms with Gasteiger partial charge in [-0.15, -0.1) is 0 Å². The van der Waals surface area contributed by atoms with Crippen LogP contribution in [0.25, 0.3) is 0 Å². The normalized spacial score (nSPS) is 33.2. The second-order valence-electron chi connectivity index (χ2n) is 2.15. The molecule has 0 aromatic heterocycles. The molecule has 4 heteroatoms. The Kier molecular flexibility index (Phi) is 2.77. The highest BCUT2D eigenvalue weighted by atomic mass is 79.9. The minimum atomic E-state index is -0.399. The molecule has 0 aromatic rings. The first kappa shape index (κ1) is 8.97. The molecule has 0 aromatic carbocycles. The van der Waals surface area contributed by atoms with Crippen LogP contribution in [0.3, 0.4) is 0 Å². The first-order valence-corrected chi connectivity index (χ1v) is 5.11. The average molecular weight is 332 g/mol. The highest BCUT2D eigenvalue weighted by Gasteiger charge is 2.25. The van der Waals surface area contributed by atoms with Gasteiger partial charge in [-0.1, -0.05) is 53.9 Å². The Bertz CT molecular complexity index is 205. The summed E-state index contributed by atoms with van der Waals surface area (Å²) in [4.78, 5) is 0. The molecule has 0 saturated carbocycles. The third-order valence-corrected chi connectivity index (χ3v) is 4.03. The van der Waals surface area contributed by atoms with E-state index in [-0.39, 0.29) is 0 Å². The van der Waals surface area contributed by atoms with Crippen LogP contribution in [0.4, 0.5) is 0 Å². The van der Waals surface area contributed by atoms with E-state index in [0.29, 0.717) is 0 Å². The molecule has 1 nitrogen and oxygen atoms in total. The second kappa shape index (κ2) is 3.09. The predicted molar refractivity (Wildman–Crippen MR) is 54.5 cm³/mol. The first-order valence-electron chi connectivity index (χ1n) is 2.73. The molecular weight excluding hydrogens is 326 g/mol. The Morgan fingerprint density at radius 1 is 1.50 bits per heavy atom. The number of hydrogen-bond acceptors (Lipinski definition) is 1. The first-order chi connectivity index (χ1) is 4.52. The minimum Gasteiger partial charge on any atom is -0.312 e. The smallest absolute Gasteiger partial charge is 0.107 e. The maximum absolute atomic E-state index is 5.82. The van der Waals surface area contributed by atoms with E-state index < -0.39 is 4.45 Å². The van der Waals surface area contributed by atoms with Crippen LogP contribution in [0, 0.1) is 0 Å². The highest BCUT2D eigenvalue weighted by molar-refractivity contribution is 9.14. The summed E-state index contributed by atoms with van der Waals surface area (Å²) in [5, 5.41) is 0. The molecule has 1 atom stereocenters. The largest absolute Gasteiger partial charge is 0.312 e. The summed E-state index contributed by atoms with van der Waals surface area (Å²) in [7, 11) is 0. The average Bonchev–Trinajstić information content (AvgIpc) is 1.81. The fraction of sp³-hybridized carbons (Fsp3) is 0.333. The van der Waals surface area contributed by atoms with Gasteiger partial charge in [-0.25, -0.2) is 0 Å². The van der Waals surface area contributed by atoms with Crippen LogP contribution in [0.15, 0.2) is 21.1 Å². The van der Waals surface area contributed by atoms with Crippen molar-refractivity contribution in [3.05, 3.63) is 21.1 Å². The summed E-state index contributed by atoms with van der Waals surface area (Å²) in [5.74, 6) is 0. The molecule has 0 radical (unpaired) electrons. The maximum atomic E-state index is 5.82. The lowest BCUT2D eigenvalue weighted by molar-refractivity contribution is 0.764. The third-order valence-electron chi connectivity index (χ3n) is 1.26. The monoisotopic (exact) mass is 329 g/mol. The van der Waals surface area contributed by atoms with Gasteiger partial charge in [0.05, 0.1) is 0 Å². The van der Waals surface area contributed by atoms with Crippen molar-refractivity contribution in [2.24, 2.45) is 5.73 Å². The van der Waals surface area contributed by atoms with E-state index in [0.717, 1.165) is 15.4 Å². The van der Waals surface area contributed by atoms with E-state index in [1.165, 1.54) is 0 Å². The van der Waals surface area contributed by atoms with Gasteiger partial charge in [0.25, 0.3) is 0 Å². The van der Waals surface area contributed by atoms with Gasteiger partial charge in [-0.05, 0) is 12.5 Å². The van der Waals surface area contributed by atoms with Crippen LogP contribution >= 0.6 is 47.8 Å². The Hall–Kier alpha value is 0.880. The molecular formula is C6H6Br3N. The molecule has 1 rings (SSSR count). The molecule has 2 N–H and O–H groups in total. The number of halogens is 3.